The van der Waals surface area contributed by atoms with Crippen molar-refractivity contribution in [2.45, 2.75) is 33.2 Å². The van der Waals surface area contributed by atoms with Crippen molar-refractivity contribution in [1.82, 2.24) is 9.55 Å². The maximum absolute atomic E-state index is 12.6. The number of carbonyl (C=O) groups excluding carboxylic acids is 2. The van der Waals surface area contributed by atoms with E-state index in [1.165, 1.54) is 0 Å². The van der Waals surface area contributed by atoms with Gasteiger partial charge in [-0.25, -0.2) is 4.98 Å². The number of hydrogen-bond acceptors (Lipinski definition) is 5. The third kappa shape index (κ3) is 6.06. The molecule has 7 heteroatoms. The molecule has 0 radical (unpaired) electrons. The number of ketones is 1. The lowest BCUT2D eigenvalue weighted by Gasteiger charge is -2.12. The predicted octanol–water partition coefficient (Wildman–Crippen LogP) is 5.48. The minimum absolute atomic E-state index is 0.0960. The summed E-state index contributed by atoms with van der Waals surface area (Å²) in [5.41, 5.74) is 4.34. The van der Waals surface area contributed by atoms with E-state index in [1.807, 2.05) is 68.7 Å². The largest absolute Gasteiger partial charge is 0.490 e. The molecule has 0 atom stereocenters. The molecule has 0 bridgehead atoms. The third-order valence-electron chi connectivity index (χ3n) is 5.56. The number of carbonyl (C=O) groups is 2. The number of anilines is 1. The van der Waals surface area contributed by atoms with E-state index in [-0.39, 0.29) is 24.5 Å². The van der Waals surface area contributed by atoms with Crippen molar-refractivity contribution in [3.63, 3.8) is 0 Å². The van der Waals surface area contributed by atoms with Crippen LogP contribution in [0.5, 0.6) is 11.5 Å². The fraction of sp³-hybridized carbons (Fsp3) is 0.250. The van der Waals surface area contributed by atoms with Crippen LogP contribution in [-0.2, 0) is 11.3 Å². The zero-order chi connectivity index (χ0) is 24.6. The molecule has 0 aliphatic carbocycles. The van der Waals surface area contributed by atoms with Gasteiger partial charge in [0.15, 0.2) is 17.3 Å². The Hall–Kier alpha value is -4.13. The van der Waals surface area contributed by atoms with E-state index in [0.29, 0.717) is 42.5 Å². The van der Waals surface area contributed by atoms with Crippen molar-refractivity contribution < 1.29 is 19.1 Å². The monoisotopic (exact) mass is 471 g/mol. The summed E-state index contributed by atoms with van der Waals surface area (Å²) in [7, 11) is 0. The highest BCUT2D eigenvalue weighted by atomic mass is 16.5. The van der Waals surface area contributed by atoms with Gasteiger partial charge in [-0.3, -0.25) is 9.59 Å². The number of nitrogens with one attached hydrogen (secondary N) is 1. The summed E-state index contributed by atoms with van der Waals surface area (Å²) in [5, 5.41) is 2.87. The highest BCUT2D eigenvalue weighted by Gasteiger charge is 2.14. The fourth-order valence-corrected chi connectivity index (χ4v) is 3.85. The van der Waals surface area contributed by atoms with Gasteiger partial charge in [0.25, 0.3) is 0 Å². The van der Waals surface area contributed by atoms with Gasteiger partial charge in [-0.05, 0) is 61.9 Å². The van der Waals surface area contributed by atoms with Crippen LogP contribution in [0, 0.1) is 0 Å². The minimum Gasteiger partial charge on any atom is -0.490 e. The molecule has 0 saturated carbocycles. The standard InChI is InChI=1S/C28H29N3O4/c1-3-34-26-15-11-21(17-27(26)35-4-2)25(32)14-16-28(33)30-22-12-9-20(10-13-22)18-31-19-29-23-7-5-6-8-24(23)31/h5-13,15,17,19H,3-4,14,16,18H2,1-2H3,(H,30,33). The second-order valence-electron chi connectivity index (χ2n) is 8.06. The first-order chi connectivity index (χ1) is 17.1. The predicted molar refractivity (Wildman–Crippen MR) is 136 cm³/mol. The second-order valence-corrected chi connectivity index (χ2v) is 8.06. The molecule has 4 rings (SSSR count). The number of rotatable bonds is 11. The number of fused-ring (bicyclic) bond motifs is 1. The van der Waals surface area contributed by atoms with Crippen LogP contribution in [0.15, 0.2) is 73.1 Å². The van der Waals surface area contributed by atoms with Crippen molar-refractivity contribution in [3.05, 3.63) is 84.2 Å². The number of nitrogens with zero attached hydrogens (tertiary/aromatic N) is 2. The van der Waals surface area contributed by atoms with E-state index in [9.17, 15) is 9.59 Å². The molecule has 1 N–H and O–H groups in total. The van der Waals surface area contributed by atoms with Crippen LogP contribution in [0.3, 0.4) is 0 Å². The van der Waals surface area contributed by atoms with Gasteiger partial charge in [-0.15, -0.1) is 0 Å². The number of amides is 1. The van der Waals surface area contributed by atoms with Gasteiger partial charge in [0, 0.05) is 30.6 Å². The molecule has 0 fully saturated rings. The highest BCUT2D eigenvalue weighted by Crippen LogP contribution is 2.29. The van der Waals surface area contributed by atoms with Gasteiger partial charge in [-0.1, -0.05) is 24.3 Å². The van der Waals surface area contributed by atoms with Gasteiger partial charge in [0.05, 0.1) is 30.6 Å². The summed E-state index contributed by atoms with van der Waals surface area (Å²) < 4.78 is 13.2. The van der Waals surface area contributed by atoms with Crippen LogP contribution in [-0.4, -0.2) is 34.5 Å². The number of aromatic nitrogens is 2. The number of ether oxygens (including phenoxy) is 2. The lowest BCUT2D eigenvalue weighted by molar-refractivity contribution is -0.116. The summed E-state index contributed by atoms with van der Waals surface area (Å²) in [4.78, 5) is 29.5. The molecule has 7 nitrogen and oxygen atoms in total. The number of Topliss-reactive ketones (excluding diaryl/α,β-unsaturated/α-hetero) is 1. The Morgan fingerprint density at radius 3 is 2.40 bits per heavy atom. The van der Waals surface area contributed by atoms with E-state index in [0.717, 1.165) is 16.6 Å². The molecule has 0 aliphatic heterocycles. The Morgan fingerprint density at radius 2 is 1.63 bits per heavy atom. The first-order valence-corrected chi connectivity index (χ1v) is 11.8. The molecular formula is C28H29N3O4. The van der Waals surface area contributed by atoms with Crippen LogP contribution < -0.4 is 14.8 Å². The Labute approximate surface area is 204 Å². The average Bonchev–Trinajstić information content (AvgIpc) is 3.28. The molecule has 180 valence electrons. The van der Waals surface area contributed by atoms with Gasteiger partial charge >= 0.3 is 0 Å². The maximum Gasteiger partial charge on any atom is 0.224 e. The SMILES string of the molecule is CCOc1ccc(C(=O)CCC(=O)Nc2ccc(Cn3cnc4ccccc43)cc2)cc1OCC. The van der Waals surface area contributed by atoms with Gasteiger partial charge in [0.1, 0.15) is 0 Å². The van der Waals surface area contributed by atoms with Gasteiger partial charge in [0.2, 0.25) is 5.91 Å². The maximum atomic E-state index is 12.6. The zero-order valence-electron chi connectivity index (χ0n) is 20.0. The topological polar surface area (TPSA) is 82.5 Å². The van der Waals surface area contributed by atoms with Crippen molar-refractivity contribution in [1.29, 1.82) is 0 Å². The van der Waals surface area contributed by atoms with Crippen molar-refractivity contribution in [2.75, 3.05) is 18.5 Å². The molecule has 1 heterocycles. The second kappa shape index (κ2) is 11.3. The normalized spacial score (nSPS) is 10.8. The molecule has 0 spiro atoms. The molecule has 0 saturated heterocycles. The molecule has 3 aromatic carbocycles. The molecule has 0 aliphatic rings. The van der Waals surface area contributed by atoms with Crippen LogP contribution in [0.25, 0.3) is 11.0 Å². The highest BCUT2D eigenvalue weighted by molar-refractivity contribution is 6.00. The third-order valence-corrected chi connectivity index (χ3v) is 5.56. The van der Waals surface area contributed by atoms with Crippen LogP contribution in [0.2, 0.25) is 0 Å². The quantitative estimate of drug-likeness (QED) is 0.293. The van der Waals surface area contributed by atoms with Crippen LogP contribution in [0.4, 0.5) is 5.69 Å². The number of para-hydroxylation sites is 2. The van der Waals surface area contributed by atoms with Crippen LogP contribution >= 0.6 is 0 Å². The lowest BCUT2D eigenvalue weighted by atomic mass is 10.1. The Kier molecular flexibility index (Phi) is 7.77. The van der Waals surface area contributed by atoms with Crippen molar-refractivity contribution in [2.24, 2.45) is 0 Å². The van der Waals surface area contributed by atoms with Crippen LogP contribution in [0.1, 0.15) is 42.6 Å². The molecule has 35 heavy (non-hydrogen) atoms. The molecule has 1 amide bonds. The van der Waals surface area contributed by atoms with E-state index in [4.69, 9.17) is 9.47 Å². The zero-order valence-corrected chi connectivity index (χ0v) is 20.0. The van der Waals surface area contributed by atoms with Crippen molar-refractivity contribution >= 4 is 28.4 Å². The summed E-state index contributed by atoms with van der Waals surface area (Å²) in [6, 6.07) is 20.8. The lowest BCUT2D eigenvalue weighted by Crippen LogP contribution is -2.13. The number of hydrogen-bond donors (Lipinski definition) is 1. The molecular weight excluding hydrogens is 442 g/mol. The molecule has 1 aromatic heterocycles. The minimum atomic E-state index is -0.206. The number of imidazole rings is 1. The Morgan fingerprint density at radius 1 is 0.886 bits per heavy atom. The van der Waals surface area contributed by atoms with E-state index >= 15 is 0 Å². The summed E-state index contributed by atoms with van der Waals surface area (Å²) in [6.45, 7) is 5.44. The summed E-state index contributed by atoms with van der Waals surface area (Å²) >= 11 is 0. The smallest absolute Gasteiger partial charge is 0.224 e. The molecule has 0 unspecified atom stereocenters. The van der Waals surface area contributed by atoms with Gasteiger partial charge < -0.3 is 19.4 Å². The fourth-order valence-electron chi connectivity index (χ4n) is 3.85. The van der Waals surface area contributed by atoms with E-state index < -0.39 is 0 Å². The van der Waals surface area contributed by atoms with Crippen molar-refractivity contribution in [3.8, 4) is 11.5 Å². The Balaban J connectivity index is 1.30. The summed E-state index contributed by atoms with van der Waals surface area (Å²) in [5.74, 6) is 0.816. The number of benzene rings is 3. The van der Waals surface area contributed by atoms with E-state index in [2.05, 4.69) is 14.9 Å². The average molecular weight is 472 g/mol. The Bertz CT molecular complexity index is 1310. The van der Waals surface area contributed by atoms with E-state index in [1.54, 1.807) is 18.2 Å². The van der Waals surface area contributed by atoms with Gasteiger partial charge in [-0.2, -0.15) is 0 Å². The summed E-state index contributed by atoms with van der Waals surface area (Å²) in [6.07, 6.45) is 2.04. The first-order valence-electron chi connectivity index (χ1n) is 11.8. The molecule has 4 aromatic rings. The first kappa shape index (κ1) is 24.0.